The minimum atomic E-state index is -1.04. The molecule has 1 N–H and O–H groups in total. The van der Waals surface area contributed by atoms with Gasteiger partial charge in [0, 0.05) is 19.4 Å². The van der Waals surface area contributed by atoms with Gasteiger partial charge < -0.3 is 19.0 Å². The van der Waals surface area contributed by atoms with Gasteiger partial charge in [0.15, 0.2) is 0 Å². The summed E-state index contributed by atoms with van der Waals surface area (Å²) in [5.41, 5.74) is 0.505. The standard InChI is InChI=1S/C18H18FN3O3/c1-21(11-15-3-2-10-25-15)16(23)12-22-9-8-20-18(22)17(24)13-4-6-14(19)7-5-13/h2-10,17,24H,11-12H2,1H3. The normalized spacial score (nSPS) is 12.1. The zero-order chi connectivity index (χ0) is 17.8. The summed E-state index contributed by atoms with van der Waals surface area (Å²) in [5.74, 6) is 0.482. The van der Waals surface area contributed by atoms with Crippen molar-refractivity contribution in [3.05, 3.63) is 78.0 Å². The Morgan fingerprint density at radius 3 is 2.80 bits per heavy atom. The molecule has 1 atom stereocenters. The number of hydrogen-bond donors (Lipinski definition) is 1. The number of likely N-dealkylation sites (N-methyl/N-ethyl adjacent to an activating group) is 1. The molecule has 0 aliphatic rings. The van der Waals surface area contributed by atoms with E-state index in [1.165, 1.54) is 35.4 Å². The van der Waals surface area contributed by atoms with Gasteiger partial charge in [0.05, 0.1) is 12.8 Å². The molecule has 0 saturated carbocycles. The van der Waals surface area contributed by atoms with Crippen LogP contribution in [-0.4, -0.2) is 32.5 Å². The fourth-order valence-corrected chi connectivity index (χ4v) is 2.49. The lowest BCUT2D eigenvalue weighted by Gasteiger charge is -2.18. The summed E-state index contributed by atoms with van der Waals surface area (Å²) in [6.07, 6.45) is 3.65. The highest BCUT2D eigenvalue weighted by atomic mass is 19.1. The van der Waals surface area contributed by atoms with E-state index in [-0.39, 0.29) is 18.3 Å². The number of aliphatic hydroxyl groups excluding tert-OH is 1. The highest BCUT2D eigenvalue weighted by Crippen LogP contribution is 2.21. The second kappa shape index (κ2) is 7.31. The quantitative estimate of drug-likeness (QED) is 0.746. The van der Waals surface area contributed by atoms with Crippen LogP contribution in [-0.2, 0) is 17.9 Å². The number of furan rings is 1. The molecule has 7 heteroatoms. The number of benzene rings is 1. The monoisotopic (exact) mass is 343 g/mol. The van der Waals surface area contributed by atoms with E-state index < -0.39 is 6.10 Å². The molecule has 0 aliphatic heterocycles. The van der Waals surface area contributed by atoms with E-state index in [4.69, 9.17) is 4.42 Å². The molecule has 25 heavy (non-hydrogen) atoms. The highest BCUT2D eigenvalue weighted by Gasteiger charge is 2.19. The van der Waals surface area contributed by atoms with Gasteiger partial charge in [0.25, 0.3) is 0 Å². The van der Waals surface area contributed by atoms with Crippen LogP contribution in [0.25, 0.3) is 0 Å². The largest absolute Gasteiger partial charge is 0.467 e. The summed E-state index contributed by atoms with van der Waals surface area (Å²) in [7, 11) is 1.68. The molecule has 3 rings (SSSR count). The number of imidazole rings is 1. The molecule has 0 bridgehead atoms. The predicted molar refractivity (Wildman–Crippen MR) is 87.9 cm³/mol. The van der Waals surface area contributed by atoms with Gasteiger partial charge in [-0.2, -0.15) is 0 Å². The zero-order valence-corrected chi connectivity index (χ0v) is 13.7. The van der Waals surface area contributed by atoms with E-state index in [0.29, 0.717) is 23.7 Å². The Morgan fingerprint density at radius 1 is 1.36 bits per heavy atom. The number of nitrogens with zero attached hydrogens (tertiary/aromatic N) is 3. The first-order valence-electron chi connectivity index (χ1n) is 7.75. The van der Waals surface area contributed by atoms with Crippen molar-refractivity contribution < 1.29 is 18.7 Å². The second-order valence-electron chi connectivity index (χ2n) is 5.70. The Kier molecular flexibility index (Phi) is 4.95. The highest BCUT2D eigenvalue weighted by molar-refractivity contribution is 5.75. The van der Waals surface area contributed by atoms with Crippen molar-refractivity contribution in [2.75, 3.05) is 7.05 Å². The minimum absolute atomic E-state index is 0.0325. The molecular formula is C18H18FN3O3. The van der Waals surface area contributed by atoms with Crippen LogP contribution < -0.4 is 0 Å². The number of aromatic nitrogens is 2. The maximum Gasteiger partial charge on any atom is 0.242 e. The number of halogens is 1. The van der Waals surface area contributed by atoms with Crippen molar-refractivity contribution in [2.45, 2.75) is 19.2 Å². The third kappa shape index (κ3) is 3.95. The van der Waals surface area contributed by atoms with Gasteiger partial charge in [-0.15, -0.1) is 0 Å². The maximum absolute atomic E-state index is 13.0. The Labute approximate surface area is 144 Å². The lowest BCUT2D eigenvalue weighted by atomic mass is 10.1. The molecule has 0 radical (unpaired) electrons. The summed E-state index contributed by atoms with van der Waals surface area (Å²) in [5, 5.41) is 10.5. The molecule has 0 aliphatic carbocycles. The first-order valence-corrected chi connectivity index (χ1v) is 7.75. The average molecular weight is 343 g/mol. The minimum Gasteiger partial charge on any atom is -0.467 e. The van der Waals surface area contributed by atoms with Crippen LogP contribution in [0.5, 0.6) is 0 Å². The van der Waals surface area contributed by atoms with E-state index in [9.17, 15) is 14.3 Å². The molecule has 0 spiro atoms. The van der Waals surface area contributed by atoms with Crippen LogP contribution in [0.4, 0.5) is 4.39 Å². The van der Waals surface area contributed by atoms with Gasteiger partial charge in [0.2, 0.25) is 5.91 Å². The summed E-state index contributed by atoms with van der Waals surface area (Å²) < 4.78 is 19.8. The molecular weight excluding hydrogens is 325 g/mol. The van der Waals surface area contributed by atoms with Crippen LogP contribution in [0.15, 0.2) is 59.5 Å². The molecule has 2 heterocycles. The molecule has 0 saturated heterocycles. The molecule has 2 aromatic heterocycles. The molecule has 1 amide bonds. The van der Waals surface area contributed by atoms with Crippen molar-refractivity contribution in [1.82, 2.24) is 14.5 Å². The van der Waals surface area contributed by atoms with Crippen molar-refractivity contribution in [3.8, 4) is 0 Å². The van der Waals surface area contributed by atoms with E-state index in [2.05, 4.69) is 4.98 Å². The third-order valence-electron chi connectivity index (χ3n) is 3.88. The van der Waals surface area contributed by atoms with Gasteiger partial charge in [0.1, 0.15) is 30.1 Å². The zero-order valence-electron chi connectivity index (χ0n) is 13.7. The maximum atomic E-state index is 13.0. The van der Waals surface area contributed by atoms with E-state index in [1.54, 1.807) is 36.2 Å². The van der Waals surface area contributed by atoms with Crippen molar-refractivity contribution >= 4 is 5.91 Å². The summed E-state index contributed by atoms with van der Waals surface area (Å²) in [6.45, 7) is 0.390. The molecule has 6 nitrogen and oxygen atoms in total. The van der Waals surface area contributed by atoms with Crippen LogP contribution >= 0.6 is 0 Å². The smallest absolute Gasteiger partial charge is 0.242 e. The Bertz CT molecular complexity index is 828. The van der Waals surface area contributed by atoms with Crippen LogP contribution in [0.3, 0.4) is 0 Å². The topological polar surface area (TPSA) is 71.5 Å². The van der Waals surface area contributed by atoms with Gasteiger partial charge >= 0.3 is 0 Å². The van der Waals surface area contributed by atoms with Crippen LogP contribution in [0.2, 0.25) is 0 Å². The molecule has 130 valence electrons. The van der Waals surface area contributed by atoms with Crippen LogP contribution in [0.1, 0.15) is 23.3 Å². The third-order valence-corrected chi connectivity index (χ3v) is 3.88. The first-order chi connectivity index (χ1) is 12.0. The molecule has 1 aromatic carbocycles. The van der Waals surface area contributed by atoms with Crippen molar-refractivity contribution in [3.63, 3.8) is 0 Å². The van der Waals surface area contributed by atoms with Crippen molar-refractivity contribution in [1.29, 1.82) is 0 Å². The fraction of sp³-hybridized carbons (Fsp3) is 0.222. The number of amides is 1. The van der Waals surface area contributed by atoms with Crippen molar-refractivity contribution in [2.24, 2.45) is 0 Å². The fourth-order valence-electron chi connectivity index (χ4n) is 2.49. The number of carbonyl (C=O) groups excluding carboxylic acids is 1. The van der Waals surface area contributed by atoms with Gasteiger partial charge in [-0.05, 0) is 29.8 Å². The van der Waals surface area contributed by atoms with Gasteiger partial charge in [-0.1, -0.05) is 12.1 Å². The van der Waals surface area contributed by atoms with Crippen LogP contribution in [0, 0.1) is 5.82 Å². The summed E-state index contributed by atoms with van der Waals surface area (Å²) in [4.78, 5) is 18.1. The average Bonchev–Trinajstić information content (AvgIpc) is 3.26. The molecule has 3 aromatic rings. The molecule has 0 fully saturated rings. The number of carbonyl (C=O) groups is 1. The predicted octanol–water partition coefficient (Wildman–Crippen LogP) is 2.36. The number of hydrogen-bond acceptors (Lipinski definition) is 4. The first kappa shape index (κ1) is 16.9. The summed E-state index contributed by atoms with van der Waals surface area (Å²) >= 11 is 0. The molecule has 1 unspecified atom stereocenters. The Morgan fingerprint density at radius 2 is 2.12 bits per heavy atom. The Balaban J connectivity index is 1.70. The summed E-state index contributed by atoms with van der Waals surface area (Å²) in [6, 6.07) is 9.08. The lowest BCUT2D eigenvalue weighted by Crippen LogP contribution is -2.30. The lowest BCUT2D eigenvalue weighted by molar-refractivity contribution is -0.131. The van der Waals surface area contributed by atoms with Gasteiger partial charge in [-0.25, -0.2) is 9.37 Å². The number of aliphatic hydroxyl groups is 1. The van der Waals surface area contributed by atoms with E-state index in [0.717, 1.165) is 0 Å². The SMILES string of the molecule is CN(Cc1ccco1)C(=O)Cn1ccnc1C(O)c1ccc(F)cc1. The second-order valence-corrected chi connectivity index (χ2v) is 5.70. The Hall–Kier alpha value is -2.93. The van der Waals surface area contributed by atoms with Gasteiger partial charge in [-0.3, -0.25) is 4.79 Å². The number of rotatable bonds is 6. The van der Waals surface area contributed by atoms with E-state index >= 15 is 0 Å². The van der Waals surface area contributed by atoms with E-state index in [1.807, 2.05) is 0 Å².